The van der Waals surface area contributed by atoms with E-state index in [1.807, 2.05) is 30.3 Å². The number of aromatic carboxylic acids is 1. The molecule has 162 valence electrons. The summed E-state index contributed by atoms with van der Waals surface area (Å²) < 4.78 is 3.30. The molecule has 3 aromatic carbocycles. The molecular formula is C25H17ClN4O3. The Morgan fingerprint density at radius 1 is 0.909 bits per heavy atom. The molecule has 5 aromatic rings. The highest BCUT2D eigenvalue weighted by Crippen LogP contribution is 2.20. The lowest BCUT2D eigenvalue weighted by atomic mass is 10.1. The van der Waals surface area contributed by atoms with Crippen molar-refractivity contribution in [3.05, 3.63) is 118 Å². The van der Waals surface area contributed by atoms with Crippen LogP contribution in [0.4, 0.5) is 0 Å². The Morgan fingerprint density at radius 3 is 2.27 bits per heavy atom. The highest BCUT2D eigenvalue weighted by atomic mass is 35.5. The third-order valence-corrected chi connectivity index (χ3v) is 5.58. The van der Waals surface area contributed by atoms with Gasteiger partial charge in [-0.05, 0) is 54.1 Å². The molecule has 1 N–H and O–H groups in total. The summed E-state index contributed by atoms with van der Waals surface area (Å²) in [5.74, 6) is -0.499. The van der Waals surface area contributed by atoms with Crippen LogP contribution in [0, 0.1) is 0 Å². The number of benzene rings is 3. The Balaban J connectivity index is 1.71. The minimum absolute atomic E-state index is 0.194. The van der Waals surface area contributed by atoms with E-state index >= 15 is 0 Å². The Labute approximate surface area is 193 Å². The van der Waals surface area contributed by atoms with Crippen molar-refractivity contribution in [3.63, 3.8) is 0 Å². The third-order valence-electron chi connectivity index (χ3n) is 5.32. The number of halogens is 1. The molecule has 5 rings (SSSR count). The zero-order chi connectivity index (χ0) is 22.9. The number of aromatic nitrogens is 4. The summed E-state index contributed by atoms with van der Waals surface area (Å²) in [6.45, 7) is 0. The minimum atomic E-state index is -0.995. The summed E-state index contributed by atoms with van der Waals surface area (Å²) >= 11 is 6.05. The predicted octanol–water partition coefficient (Wildman–Crippen LogP) is 4.51. The molecule has 0 amide bonds. The van der Waals surface area contributed by atoms with Crippen LogP contribution >= 0.6 is 11.6 Å². The van der Waals surface area contributed by atoms with Gasteiger partial charge in [-0.25, -0.2) is 14.8 Å². The van der Waals surface area contributed by atoms with Gasteiger partial charge in [-0.1, -0.05) is 41.9 Å². The zero-order valence-electron chi connectivity index (χ0n) is 17.2. The molecule has 0 aliphatic rings. The van der Waals surface area contributed by atoms with Crippen LogP contribution in [0.2, 0.25) is 5.02 Å². The van der Waals surface area contributed by atoms with Crippen LogP contribution in [-0.2, 0) is 6.42 Å². The van der Waals surface area contributed by atoms with E-state index in [0.29, 0.717) is 28.6 Å². The molecule has 0 saturated carbocycles. The van der Waals surface area contributed by atoms with Gasteiger partial charge in [0, 0.05) is 17.1 Å². The first-order valence-corrected chi connectivity index (χ1v) is 10.5. The quantitative estimate of drug-likeness (QED) is 0.420. The largest absolute Gasteiger partial charge is 0.478 e. The molecule has 0 unspecified atom stereocenters. The van der Waals surface area contributed by atoms with Gasteiger partial charge in [0.25, 0.3) is 5.56 Å². The lowest BCUT2D eigenvalue weighted by Crippen LogP contribution is -2.24. The van der Waals surface area contributed by atoms with Crippen molar-refractivity contribution >= 4 is 28.7 Å². The maximum absolute atomic E-state index is 13.5. The van der Waals surface area contributed by atoms with Crippen molar-refractivity contribution in [1.82, 2.24) is 19.1 Å². The monoisotopic (exact) mass is 456 g/mol. The summed E-state index contributed by atoms with van der Waals surface area (Å²) in [7, 11) is 0. The van der Waals surface area contributed by atoms with Crippen LogP contribution < -0.4 is 5.56 Å². The van der Waals surface area contributed by atoms with E-state index in [0.717, 1.165) is 11.3 Å². The molecule has 8 heteroatoms. The molecule has 0 saturated heterocycles. The van der Waals surface area contributed by atoms with Gasteiger partial charge in [-0.2, -0.15) is 0 Å². The fraction of sp³-hybridized carbons (Fsp3) is 0.0400. The molecule has 2 heterocycles. The van der Waals surface area contributed by atoms with Gasteiger partial charge in [0.15, 0.2) is 11.2 Å². The molecule has 0 fully saturated rings. The second-order valence-corrected chi connectivity index (χ2v) is 7.88. The van der Waals surface area contributed by atoms with E-state index in [-0.39, 0.29) is 16.6 Å². The van der Waals surface area contributed by atoms with Gasteiger partial charge in [0.1, 0.15) is 12.2 Å². The van der Waals surface area contributed by atoms with Crippen molar-refractivity contribution in [1.29, 1.82) is 0 Å². The normalized spacial score (nSPS) is 11.1. The number of imidazole rings is 1. The van der Waals surface area contributed by atoms with Gasteiger partial charge < -0.3 is 5.11 Å². The lowest BCUT2D eigenvalue weighted by Gasteiger charge is -2.13. The van der Waals surface area contributed by atoms with Crippen molar-refractivity contribution in [2.24, 2.45) is 0 Å². The van der Waals surface area contributed by atoms with Crippen LogP contribution in [0.3, 0.4) is 0 Å². The molecule has 0 spiro atoms. The second kappa shape index (κ2) is 8.37. The molecule has 0 atom stereocenters. The molecule has 7 nitrogen and oxygen atoms in total. The van der Waals surface area contributed by atoms with Crippen molar-refractivity contribution in [2.45, 2.75) is 6.42 Å². The first kappa shape index (κ1) is 20.7. The predicted molar refractivity (Wildman–Crippen MR) is 126 cm³/mol. The van der Waals surface area contributed by atoms with Crippen molar-refractivity contribution < 1.29 is 9.90 Å². The van der Waals surface area contributed by atoms with E-state index in [1.54, 1.807) is 47.3 Å². The number of carbonyl (C=O) groups is 1. The summed E-state index contributed by atoms with van der Waals surface area (Å²) in [6.07, 6.45) is 1.90. The van der Waals surface area contributed by atoms with Gasteiger partial charge in [0.05, 0.1) is 11.3 Å². The standard InChI is InChI=1S/C25H17ClN4O3/c26-18-10-12-20(13-11-18)30-21(14-16-6-8-17(9-7-16)25(32)33)28-23-22(24(30)31)27-15-29(23)19-4-2-1-3-5-19/h1-13,15H,14H2,(H,32,33). The van der Waals surface area contributed by atoms with E-state index in [4.69, 9.17) is 16.6 Å². The van der Waals surface area contributed by atoms with E-state index in [9.17, 15) is 14.7 Å². The zero-order valence-corrected chi connectivity index (χ0v) is 18.0. The van der Waals surface area contributed by atoms with Crippen LogP contribution in [-0.4, -0.2) is 30.2 Å². The summed E-state index contributed by atoms with van der Waals surface area (Å²) in [5.41, 5.74) is 2.87. The topological polar surface area (TPSA) is 90.0 Å². The number of hydrogen-bond donors (Lipinski definition) is 1. The van der Waals surface area contributed by atoms with Crippen LogP contribution in [0.5, 0.6) is 0 Å². The average Bonchev–Trinajstić information content (AvgIpc) is 3.25. The summed E-state index contributed by atoms with van der Waals surface area (Å²) in [6, 6.07) is 23.0. The Hall–Kier alpha value is -4.23. The molecule has 0 aliphatic heterocycles. The van der Waals surface area contributed by atoms with Crippen molar-refractivity contribution in [3.8, 4) is 11.4 Å². The number of fused-ring (bicyclic) bond motifs is 1. The summed E-state index contributed by atoms with van der Waals surface area (Å²) in [4.78, 5) is 33.9. The molecular weight excluding hydrogens is 440 g/mol. The molecule has 0 bridgehead atoms. The van der Waals surface area contributed by atoms with Gasteiger partial charge >= 0.3 is 5.97 Å². The van der Waals surface area contributed by atoms with E-state index in [1.165, 1.54) is 16.7 Å². The maximum atomic E-state index is 13.5. The van der Waals surface area contributed by atoms with Crippen LogP contribution in [0.1, 0.15) is 21.7 Å². The smallest absolute Gasteiger partial charge is 0.335 e. The Bertz CT molecular complexity index is 1520. The molecule has 2 aromatic heterocycles. The number of carboxylic acid groups (broad SMARTS) is 1. The minimum Gasteiger partial charge on any atom is -0.478 e. The fourth-order valence-electron chi connectivity index (χ4n) is 3.70. The highest BCUT2D eigenvalue weighted by Gasteiger charge is 2.18. The lowest BCUT2D eigenvalue weighted by molar-refractivity contribution is 0.0697. The first-order valence-electron chi connectivity index (χ1n) is 10.1. The molecule has 0 radical (unpaired) electrons. The van der Waals surface area contributed by atoms with E-state index in [2.05, 4.69) is 4.98 Å². The van der Waals surface area contributed by atoms with E-state index < -0.39 is 5.97 Å². The fourth-order valence-corrected chi connectivity index (χ4v) is 3.82. The second-order valence-electron chi connectivity index (χ2n) is 7.45. The average molecular weight is 457 g/mol. The highest BCUT2D eigenvalue weighted by molar-refractivity contribution is 6.30. The number of rotatable bonds is 5. The third kappa shape index (κ3) is 3.90. The summed E-state index contributed by atoms with van der Waals surface area (Å²) in [5, 5.41) is 9.73. The number of para-hydroxylation sites is 1. The Kier molecular flexibility index (Phi) is 5.24. The van der Waals surface area contributed by atoms with Gasteiger partial charge in [-0.15, -0.1) is 0 Å². The maximum Gasteiger partial charge on any atom is 0.335 e. The SMILES string of the molecule is O=C(O)c1ccc(Cc2nc3c(ncn3-c3ccccc3)c(=O)n2-c2ccc(Cl)cc2)cc1. The van der Waals surface area contributed by atoms with Crippen LogP contribution in [0.25, 0.3) is 22.5 Å². The Morgan fingerprint density at radius 2 is 1.61 bits per heavy atom. The van der Waals surface area contributed by atoms with Crippen molar-refractivity contribution in [2.75, 3.05) is 0 Å². The number of carboxylic acids is 1. The molecule has 33 heavy (non-hydrogen) atoms. The van der Waals surface area contributed by atoms with Gasteiger partial charge in [0.2, 0.25) is 0 Å². The number of hydrogen-bond acceptors (Lipinski definition) is 4. The first-order chi connectivity index (χ1) is 16.0. The number of nitrogens with zero attached hydrogens (tertiary/aromatic N) is 4. The molecule has 0 aliphatic carbocycles. The van der Waals surface area contributed by atoms with Crippen LogP contribution in [0.15, 0.2) is 90.0 Å². The van der Waals surface area contributed by atoms with Gasteiger partial charge in [-0.3, -0.25) is 13.9 Å².